The first-order valence-corrected chi connectivity index (χ1v) is 10.1. The summed E-state index contributed by atoms with van der Waals surface area (Å²) >= 11 is 6.00. The number of benzene rings is 4. The van der Waals surface area contributed by atoms with E-state index in [1.54, 1.807) is 4.90 Å². The van der Waals surface area contributed by atoms with E-state index in [0.29, 0.717) is 10.6 Å². The van der Waals surface area contributed by atoms with E-state index in [0.717, 1.165) is 33.3 Å². The largest absolute Gasteiger partial charge is 0.276 e. The number of fused-ring (bicyclic) bond motifs is 1. The van der Waals surface area contributed by atoms with Gasteiger partial charge in [-0.1, -0.05) is 84.4 Å². The lowest BCUT2D eigenvalue weighted by atomic mass is 10.1. The predicted octanol–water partition coefficient (Wildman–Crippen LogP) is 6.96. The van der Waals surface area contributed by atoms with E-state index in [1.165, 1.54) is 0 Å². The minimum absolute atomic E-state index is 0.0425. The number of carbonyl (C=O) groups excluding carboxylic acids is 1. The fourth-order valence-electron chi connectivity index (χ4n) is 3.75. The Morgan fingerprint density at radius 1 is 0.733 bits per heavy atom. The third kappa shape index (κ3) is 3.42. The van der Waals surface area contributed by atoms with Crippen LogP contribution in [0.4, 0.5) is 5.69 Å². The molecule has 0 atom stereocenters. The summed E-state index contributed by atoms with van der Waals surface area (Å²) in [6.45, 7) is 0. The van der Waals surface area contributed by atoms with Crippen LogP contribution in [0.2, 0.25) is 5.02 Å². The summed E-state index contributed by atoms with van der Waals surface area (Å²) in [6.07, 6.45) is 3.87. The number of amides is 1. The molecule has 0 aliphatic carbocycles. The Balaban J connectivity index is 1.63. The minimum Gasteiger partial charge on any atom is -0.276 e. The molecule has 144 valence electrons. The highest BCUT2D eigenvalue weighted by Crippen LogP contribution is 2.36. The van der Waals surface area contributed by atoms with Crippen LogP contribution in [-0.4, -0.2) is 5.91 Å². The van der Waals surface area contributed by atoms with Crippen molar-refractivity contribution in [2.24, 2.45) is 0 Å². The molecule has 1 heterocycles. The second-order valence-electron chi connectivity index (χ2n) is 7.22. The van der Waals surface area contributed by atoms with Crippen LogP contribution in [-0.2, 0) is 4.79 Å². The van der Waals surface area contributed by atoms with Gasteiger partial charge in [0, 0.05) is 16.3 Å². The average Bonchev–Trinajstić information content (AvgIpc) is 3.11. The molecule has 1 aliphatic heterocycles. The van der Waals surface area contributed by atoms with E-state index in [2.05, 4.69) is 24.3 Å². The Morgan fingerprint density at radius 3 is 2.20 bits per heavy atom. The van der Waals surface area contributed by atoms with Gasteiger partial charge in [0.25, 0.3) is 5.91 Å². The molecule has 30 heavy (non-hydrogen) atoms. The highest BCUT2D eigenvalue weighted by Gasteiger charge is 2.30. The molecule has 0 N–H and O–H groups in total. The number of hydrogen-bond acceptors (Lipinski definition) is 1. The van der Waals surface area contributed by atoms with Crippen molar-refractivity contribution in [3.05, 3.63) is 125 Å². The summed E-state index contributed by atoms with van der Waals surface area (Å²) in [5.41, 5.74) is 4.30. The van der Waals surface area contributed by atoms with Gasteiger partial charge in [0.2, 0.25) is 0 Å². The maximum Gasteiger partial charge on any atom is 0.262 e. The third-order valence-electron chi connectivity index (χ3n) is 5.24. The van der Waals surface area contributed by atoms with Crippen molar-refractivity contribution < 1.29 is 4.79 Å². The lowest BCUT2D eigenvalue weighted by Crippen LogP contribution is -2.24. The van der Waals surface area contributed by atoms with Gasteiger partial charge in [0.1, 0.15) is 0 Å². The third-order valence-corrected chi connectivity index (χ3v) is 5.49. The van der Waals surface area contributed by atoms with Gasteiger partial charge >= 0.3 is 0 Å². The van der Waals surface area contributed by atoms with Crippen LogP contribution in [0.15, 0.2) is 109 Å². The highest BCUT2D eigenvalue weighted by molar-refractivity contribution is 6.30. The Hall–Kier alpha value is -3.62. The topological polar surface area (TPSA) is 20.3 Å². The quantitative estimate of drug-likeness (QED) is 0.336. The summed E-state index contributed by atoms with van der Waals surface area (Å²) in [6, 6.07) is 31.8. The molecule has 4 aromatic rings. The first-order valence-electron chi connectivity index (χ1n) is 9.77. The van der Waals surface area contributed by atoms with Gasteiger partial charge in [-0.25, -0.2) is 0 Å². The van der Waals surface area contributed by atoms with Crippen molar-refractivity contribution in [3.8, 4) is 0 Å². The molecule has 1 aliphatic rings. The van der Waals surface area contributed by atoms with Gasteiger partial charge < -0.3 is 0 Å². The minimum atomic E-state index is -0.0425. The zero-order valence-electron chi connectivity index (χ0n) is 16.1. The zero-order chi connectivity index (χ0) is 20.5. The van der Waals surface area contributed by atoms with Crippen LogP contribution >= 0.6 is 11.6 Å². The average molecular weight is 408 g/mol. The summed E-state index contributed by atoms with van der Waals surface area (Å²) in [7, 11) is 0. The first-order chi connectivity index (χ1) is 14.7. The van der Waals surface area contributed by atoms with Crippen LogP contribution in [0.25, 0.3) is 22.5 Å². The number of nitrogens with zero attached hydrogens (tertiary/aromatic N) is 1. The van der Waals surface area contributed by atoms with Gasteiger partial charge in [0.15, 0.2) is 0 Å². The van der Waals surface area contributed by atoms with Crippen molar-refractivity contribution in [3.63, 3.8) is 0 Å². The predicted molar refractivity (Wildman–Crippen MR) is 125 cm³/mol. The Bertz CT molecular complexity index is 1300. The molecule has 3 heteroatoms. The number of halogens is 1. The first kappa shape index (κ1) is 18.4. The van der Waals surface area contributed by atoms with Crippen molar-refractivity contribution in [2.75, 3.05) is 4.90 Å². The van der Waals surface area contributed by atoms with E-state index in [-0.39, 0.29) is 5.91 Å². The number of hydrogen-bond donors (Lipinski definition) is 0. The van der Waals surface area contributed by atoms with Gasteiger partial charge in [-0.2, -0.15) is 0 Å². The van der Waals surface area contributed by atoms with Crippen LogP contribution in [0.3, 0.4) is 0 Å². The molecule has 0 aromatic heterocycles. The van der Waals surface area contributed by atoms with E-state index < -0.39 is 0 Å². The van der Waals surface area contributed by atoms with Crippen LogP contribution in [0, 0.1) is 0 Å². The zero-order valence-corrected chi connectivity index (χ0v) is 16.9. The number of anilines is 1. The van der Waals surface area contributed by atoms with Crippen molar-refractivity contribution in [1.29, 1.82) is 0 Å². The van der Waals surface area contributed by atoms with Gasteiger partial charge in [0.05, 0.1) is 5.70 Å². The number of carbonyl (C=O) groups is 1. The van der Waals surface area contributed by atoms with Crippen molar-refractivity contribution in [1.82, 2.24) is 0 Å². The molecular formula is C27H18ClNO. The molecule has 0 bridgehead atoms. The SMILES string of the molecule is O=C1C(=Cc2ccc(Cl)cc2)C=C(c2ccccc2)N1c1ccc2ccccc2c1. The summed E-state index contributed by atoms with van der Waals surface area (Å²) in [5.74, 6) is -0.0425. The van der Waals surface area contributed by atoms with E-state index >= 15 is 0 Å². The fraction of sp³-hybridized carbons (Fsp3) is 0. The van der Waals surface area contributed by atoms with Crippen LogP contribution in [0.5, 0.6) is 0 Å². The summed E-state index contributed by atoms with van der Waals surface area (Å²) < 4.78 is 0. The van der Waals surface area contributed by atoms with Crippen molar-refractivity contribution in [2.45, 2.75) is 0 Å². The van der Waals surface area contributed by atoms with E-state index in [4.69, 9.17) is 11.6 Å². The normalized spacial score (nSPS) is 15.1. The van der Waals surface area contributed by atoms with E-state index in [9.17, 15) is 4.79 Å². The standard InChI is InChI=1S/C27H18ClNO/c28-24-13-10-19(11-14-24)16-23-18-26(21-7-2-1-3-8-21)29(27(23)30)25-15-12-20-6-4-5-9-22(20)17-25/h1-18H. The van der Waals surface area contributed by atoms with Gasteiger partial charge in [-0.3, -0.25) is 9.69 Å². The molecule has 0 spiro atoms. The molecule has 0 saturated heterocycles. The van der Waals surface area contributed by atoms with Crippen molar-refractivity contribution >= 4 is 45.7 Å². The molecule has 5 rings (SSSR count). The Labute approximate surface area is 180 Å². The second kappa shape index (κ2) is 7.66. The number of rotatable bonds is 3. The molecule has 2 nitrogen and oxygen atoms in total. The molecular weight excluding hydrogens is 390 g/mol. The Kier molecular flexibility index (Phi) is 4.70. The maximum atomic E-state index is 13.5. The summed E-state index contributed by atoms with van der Waals surface area (Å²) in [4.78, 5) is 15.3. The Morgan fingerprint density at radius 2 is 1.43 bits per heavy atom. The van der Waals surface area contributed by atoms with Gasteiger partial charge in [-0.15, -0.1) is 0 Å². The highest BCUT2D eigenvalue weighted by atomic mass is 35.5. The second-order valence-corrected chi connectivity index (χ2v) is 7.66. The smallest absolute Gasteiger partial charge is 0.262 e. The fourth-order valence-corrected chi connectivity index (χ4v) is 3.87. The molecule has 0 unspecified atom stereocenters. The lowest BCUT2D eigenvalue weighted by molar-refractivity contribution is -0.113. The molecule has 1 amide bonds. The molecule has 4 aromatic carbocycles. The molecule has 0 saturated carbocycles. The van der Waals surface area contributed by atoms with Gasteiger partial charge in [-0.05, 0) is 58.3 Å². The maximum absolute atomic E-state index is 13.5. The van der Waals surface area contributed by atoms with Crippen LogP contribution in [0.1, 0.15) is 11.1 Å². The monoisotopic (exact) mass is 407 g/mol. The molecule has 0 radical (unpaired) electrons. The van der Waals surface area contributed by atoms with Crippen LogP contribution < -0.4 is 4.90 Å². The molecule has 0 fully saturated rings. The summed E-state index contributed by atoms with van der Waals surface area (Å²) in [5, 5.41) is 2.92. The lowest BCUT2D eigenvalue weighted by Gasteiger charge is -2.21. The van der Waals surface area contributed by atoms with E-state index in [1.807, 2.05) is 84.9 Å².